The first-order chi connectivity index (χ1) is 9.84. The van der Waals surface area contributed by atoms with Gasteiger partial charge in [-0.05, 0) is 19.8 Å². The summed E-state index contributed by atoms with van der Waals surface area (Å²) in [4.78, 5) is 24.4. The monoisotopic (exact) mass is 320 g/mol. The zero-order valence-electron chi connectivity index (χ0n) is 11.9. The van der Waals surface area contributed by atoms with Gasteiger partial charge in [-0.1, -0.05) is 0 Å². The average Bonchev–Trinajstić information content (AvgIpc) is 3.01. The minimum absolute atomic E-state index is 0.0565. The van der Waals surface area contributed by atoms with Gasteiger partial charge in [0.2, 0.25) is 0 Å². The van der Waals surface area contributed by atoms with E-state index < -0.39 is 39.0 Å². The van der Waals surface area contributed by atoms with Crippen molar-refractivity contribution in [2.75, 3.05) is 31.3 Å². The summed E-state index contributed by atoms with van der Waals surface area (Å²) in [7, 11) is -3.30. The molecule has 0 radical (unpaired) electrons. The molecule has 0 saturated carbocycles. The molecule has 2 heterocycles. The lowest BCUT2D eigenvalue weighted by Crippen LogP contribution is -2.53. The molecule has 1 N–H and O–H groups in total. The molecule has 8 heteroatoms. The third-order valence-corrected chi connectivity index (χ3v) is 6.19. The second-order valence-corrected chi connectivity index (χ2v) is 7.78. The Morgan fingerprint density at radius 2 is 2.05 bits per heavy atom. The molecule has 2 fully saturated rings. The Labute approximate surface area is 123 Å². The van der Waals surface area contributed by atoms with E-state index in [0.717, 1.165) is 0 Å². The van der Waals surface area contributed by atoms with E-state index in [0.29, 0.717) is 13.0 Å². The molecule has 3 unspecified atom stereocenters. The van der Waals surface area contributed by atoms with E-state index in [1.54, 1.807) is 6.92 Å². The Balaban J connectivity index is 2.45. The lowest BCUT2D eigenvalue weighted by molar-refractivity contribution is -0.178. The van der Waals surface area contributed by atoms with Crippen LogP contribution in [0.3, 0.4) is 0 Å². The van der Waals surface area contributed by atoms with Gasteiger partial charge in [0.25, 0.3) is 0 Å². The Morgan fingerprint density at radius 1 is 1.33 bits per heavy atom. The van der Waals surface area contributed by atoms with Crippen molar-refractivity contribution in [2.45, 2.75) is 19.8 Å². The summed E-state index contributed by atoms with van der Waals surface area (Å²) < 4.78 is 33.7. The van der Waals surface area contributed by atoms with Crippen LogP contribution in [0.1, 0.15) is 19.8 Å². The zero-order chi connectivity index (χ0) is 15.7. The average molecular weight is 320 g/mol. The number of aliphatic carboxylic acids is 1. The van der Waals surface area contributed by atoms with E-state index in [1.807, 2.05) is 0 Å². The molecule has 0 amide bonds. The minimum atomic E-state index is -3.30. The third-order valence-electron chi connectivity index (χ3n) is 4.42. The molecule has 0 spiro atoms. The maximum Gasteiger partial charge on any atom is 0.324 e. The fourth-order valence-corrected chi connectivity index (χ4v) is 5.25. The molecule has 2 rings (SSSR count). The summed E-state index contributed by atoms with van der Waals surface area (Å²) in [5.41, 5.74) is -1.82. The first kappa shape index (κ1) is 16.2. The van der Waals surface area contributed by atoms with E-state index in [1.165, 1.54) is 0 Å². The normalized spacial score (nSPS) is 30.7. The number of ether oxygens (including phenoxy) is 2. The van der Waals surface area contributed by atoms with Crippen molar-refractivity contribution in [1.29, 1.82) is 0 Å². The maximum absolute atomic E-state index is 12.4. The number of esters is 1. The molecule has 2 saturated heterocycles. The fourth-order valence-electron chi connectivity index (χ4n) is 3.40. The van der Waals surface area contributed by atoms with Crippen LogP contribution in [0.2, 0.25) is 0 Å². The van der Waals surface area contributed by atoms with Crippen LogP contribution in [0.15, 0.2) is 0 Å². The van der Waals surface area contributed by atoms with Gasteiger partial charge in [0.15, 0.2) is 15.3 Å². The highest BCUT2D eigenvalue weighted by atomic mass is 32.2. The predicted octanol–water partition coefficient (Wildman–Crippen LogP) is 0.0917. The smallest absolute Gasteiger partial charge is 0.324 e. The molecule has 0 aromatic heterocycles. The van der Waals surface area contributed by atoms with E-state index in [-0.39, 0.29) is 31.1 Å². The van der Waals surface area contributed by atoms with E-state index in [9.17, 15) is 23.1 Å². The molecule has 2 aliphatic rings. The highest BCUT2D eigenvalue weighted by Crippen LogP contribution is 2.46. The van der Waals surface area contributed by atoms with E-state index in [2.05, 4.69) is 0 Å². The van der Waals surface area contributed by atoms with Crippen molar-refractivity contribution >= 4 is 21.8 Å². The Bertz CT molecular complexity index is 521. The van der Waals surface area contributed by atoms with Gasteiger partial charge in [-0.25, -0.2) is 8.42 Å². The molecule has 0 bridgehead atoms. The molecule has 7 nitrogen and oxygen atoms in total. The van der Waals surface area contributed by atoms with Crippen LogP contribution >= 0.6 is 0 Å². The molecule has 0 aromatic carbocycles. The SMILES string of the molecule is CCOC(=O)C(C(=O)O)(C1CCOC1)C1CCS(=O)(=O)C1. The predicted molar refractivity (Wildman–Crippen MR) is 72.4 cm³/mol. The summed E-state index contributed by atoms with van der Waals surface area (Å²) in [6.07, 6.45) is 0.589. The van der Waals surface area contributed by atoms with Crippen LogP contribution in [-0.4, -0.2) is 56.8 Å². The first-order valence-electron chi connectivity index (χ1n) is 7.03. The van der Waals surface area contributed by atoms with Crippen molar-refractivity contribution < 1.29 is 32.6 Å². The summed E-state index contributed by atoms with van der Waals surface area (Å²) in [6, 6.07) is 0. The molecule has 0 aliphatic carbocycles. The summed E-state index contributed by atoms with van der Waals surface area (Å²) >= 11 is 0. The van der Waals surface area contributed by atoms with Gasteiger partial charge in [-0.3, -0.25) is 9.59 Å². The molecule has 3 atom stereocenters. The van der Waals surface area contributed by atoms with E-state index in [4.69, 9.17) is 9.47 Å². The van der Waals surface area contributed by atoms with Crippen molar-refractivity contribution in [3.8, 4) is 0 Å². The highest BCUT2D eigenvalue weighted by molar-refractivity contribution is 7.91. The summed E-state index contributed by atoms with van der Waals surface area (Å²) in [6.45, 7) is 2.17. The number of hydrogen-bond acceptors (Lipinski definition) is 6. The van der Waals surface area contributed by atoms with Crippen molar-refractivity contribution in [3.05, 3.63) is 0 Å². The topological polar surface area (TPSA) is 107 Å². The van der Waals surface area contributed by atoms with Crippen LogP contribution in [0.25, 0.3) is 0 Å². The first-order valence-corrected chi connectivity index (χ1v) is 8.85. The second-order valence-electron chi connectivity index (χ2n) is 5.56. The van der Waals surface area contributed by atoms with E-state index >= 15 is 0 Å². The molecule has 0 aromatic rings. The van der Waals surface area contributed by atoms with Crippen LogP contribution < -0.4 is 0 Å². The Kier molecular flexibility index (Phi) is 4.57. The standard InChI is InChI=1S/C13H20O7S/c1-2-20-12(16)13(11(14)15,9-3-5-19-7-9)10-4-6-21(17,18)8-10/h9-10H,2-8H2,1H3,(H,14,15). The van der Waals surface area contributed by atoms with Gasteiger partial charge in [0.1, 0.15) is 0 Å². The van der Waals surface area contributed by atoms with Gasteiger partial charge >= 0.3 is 11.9 Å². The fraction of sp³-hybridized carbons (Fsp3) is 0.846. The number of rotatable bonds is 5. The van der Waals surface area contributed by atoms with Crippen LogP contribution in [0, 0.1) is 17.3 Å². The van der Waals surface area contributed by atoms with Crippen molar-refractivity contribution in [2.24, 2.45) is 17.3 Å². The van der Waals surface area contributed by atoms with Gasteiger partial charge in [-0.15, -0.1) is 0 Å². The highest BCUT2D eigenvalue weighted by Gasteiger charge is 2.61. The molecular formula is C13H20O7S. The number of carboxylic acid groups (broad SMARTS) is 1. The summed E-state index contributed by atoms with van der Waals surface area (Å²) in [5.74, 6) is -3.82. The number of carbonyl (C=O) groups is 2. The van der Waals surface area contributed by atoms with Crippen molar-refractivity contribution in [1.82, 2.24) is 0 Å². The van der Waals surface area contributed by atoms with Crippen LogP contribution in [0.5, 0.6) is 0 Å². The Morgan fingerprint density at radius 3 is 2.48 bits per heavy atom. The number of hydrogen-bond donors (Lipinski definition) is 1. The number of carboxylic acids is 1. The maximum atomic E-state index is 12.4. The number of sulfone groups is 1. The molecule has 21 heavy (non-hydrogen) atoms. The lowest BCUT2D eigenvalue weighted by atomic mass is 9.65. The molecular weight excluding hydrogens is 300 g/mol. The van der Waals surface area contributed by atoms with Gasteiger partial charge in [0.05, 0.1) is 24.7 Å². The number of carbonyl (C=O) groups excluding carboxylic acids is 1. The zero-order valence-corrected chi connectivity index (χ0v) is 12.7. The largest absolute Gasteiger partial charge is 0.480 e. The van der Waals surface area contributed by atoms with Gasteiger partial charge in [-0.2, -0.15) is 0 Å². The summed E-state index contributed by atoms with van der Waals surface area (Å²) in [5, 5.41) is 9.76. The minimum Gasteiger partial charge on any atom is -0.480 e. The lowest BCUT2D eigenvalue weighted by Gasteiger charge is -2.36. The third kappa shape index (κ3) is 2.78. The molecule has 120 valence electrons. The Hall–Kier alpha value is -1.15. The quantitative estimate of drug-likeness (QED) is 0.565. The second kappa shape index (κ2) is 5.92. The van der Waals surface area contributed by atoms with Crippen LogP contribution in [0.4, 0.5) is 0 Å². The van der Waals surface area contributed by atoms with Gasteiger partial charge < -0.3 is 14.6 Å². The van der Waals surface area contributed by atoms with Crippen molar-refractivity contribution in [3.63, 3.8) is 0 Å². The van der Waals surface area contributed by atoms with Gasteiger partial charge in [0, 0.05) is 18.4 Å². The van der Waals surface area contributed by atoms with Crippen LogP contribution in [-0.2, 0) is 28.9 Å². The molecule has 2 aliphatic heterocycles.